The molecule has 0 amide bonds. The van der Waals surface area contributed by atoms with Gasteiger partial charge in [0.25, 0.3) is 5.56 Å². The van der Waals surface area contributed by atoms with E-state index in [4.69, 9.17) is 14.2 Å². The molecule has 0 bridgehead atoms. The van der Waals surface area contributed by atoms with Crippen molar-refractivity contribution in [2.75, 3.05) is 13.7 Å². The number of thiazole rings is 1. The number of aromatic nitrogens is 1. The van der Waals surface area contributed by atoms with Gasteiger partial charge in [-0.15, -0.1) is 0 Å². The lowest BCUT2D eigenvalue weighted by molar-refractivity contribution is -0.139. The Hall–Kier alpha value is -4.46. The second-order valence-corrected chi connectivity index (χ2v) is 11.2. The van der Waals surface area contributed by atoms with E-state index in [-0.39, 0.29) is 18.8 Å². The zero-order chi connectivity index (χ0) is 29.8. The van der Waals surface area contributed by atoms with E-state index < -0.39 is 12.0 Å². The van der Waals surface area contributed by atoms with Gasteiger partial charge in [0.2, 0.25) is 0 Å². The fraction of sp³-hybridized carbons (Fsp3) is 0.188. The summed E-state index contributed by atoms with van der Waals surface area (Å²) in [7, 11) is 1.58. The molecule has 0 aliphatic carbocycles. The van der Waals surface area contributed by atoms with Crippen molar-refractivity contribution in [1.29, 1.82) is 5.26 Å². The highest BCUT2D eigenvalue weighted by Crippen LogP contribution is 2.32. The second kappa shape index (κ2) is 12.6. The fourth-order valence-corrected chi connectivity index (χ4v) is 6.24. The lowest BCUT2D eigenvalue weighted by Gasteiger charge is -2.24. The topological polar surface area (TPSA) is 103 Å². The highest BCUT2D eigenvalue weighted by molar-refractivity contribution is 9.10. The standard InChI is InChI=1S/C32H26BrN3O5S/c1-4-40-31(38)28-19(2)35-32-36(29(28)21-10-12-24(39-3)13-11-21)30(37)27(42-32)16-20-9-14-26(25(33)15-20)41-18-23-8-6-5-7-22(23)17-34/h5-16,29H,4,18H2,1-3H3/b27-16+/t29-/m0/s1. The molecule has 0 saturated heterocycles. The fourth-order valence-electron chi connectivity index (χ4n) is 4.68. The highest BCUT2D eigenvalue weighted by atomic mass is 79.9. The Balaban J connectivity index is 1.52. The first-order chi connectivity index (χ1) is 20.3. The molecule has 0 fully saturated rings. The third-order valence-electron chi connectivity index (χ3n) is 6.72. The maximum absolute atomic E-state index is 13.8. The van der Waals surface area contributed by atoms with Crippen molar-refractivity contribution in [3.8, 4) is 17.6 Å². The van der Waals surface area contributed by atoms with Crippen molar-refractivity contribution >= 4 is 39.3 Å². The molecule has 8 nitrogen and oxygen atoms in total. The maximum Gasteiger partial charge on any atom is 0.338 e. The summed E-state index contributed by atoms with van der Waals surface area (Å²) in [5.74, 6) is 0.762. The molecule has 3 aromatic carbocycles. The zero-order valence-corrected chi connectivity index (χ0v) is 25.5. The van der Waals surface area contributed by atoms with E-state index >= 15 is 0 Å². The molecular weight excluding hydrogens is 618 g/mol. The number of carbonyl (C=O) groups is 1. The van der Waals surface area contributed by atoms with Crippen molar-refractivity contribution in [3.63, 3.8) is 0 Å². The molecule has 42 heavy (non-hydrogen) atoms. The van der Waals surface area contributed by atoms with E-state index in [0.29, 0.717) is 42.1 Å². The number of methoxy groups -OCH3 is 1. The van der Waals surface area contributed by atoms with Crippen LogP contribution in [0, 0.1) is 11.3 Å². The Morgan fingerprint density at radius 2 is 1.93 bits per heavy atom. The van der Waals surface area contributed by atoms with Crippen LogP contribution in [0.5, 0.6) is 11.5 Å². The maximum atomic E-state index is 13.8. The Bertz CT molecular complexity index is 1920. The predicted molar refractivity (Wildman–Crippen MR) is 163 cm³/mol. The monoisotopic (exact) mass is 643 g/mol. The number of nitriles is 1. The number of hydrogen-bond acceptors (Lipinski definition) is 8. The number of halogens is 1. The number of esters is 1. The van der Waals surface area contributed by atoms with E-state index in [1.165, 1.54) is 11.3 Å². The molecule has 1 atom stereocenters. The zero-order valence-electron chi connectivity index (χ0n) is 23.1. The van der Waals surface area contributed by atoms with Gasteiger partial charge in [0.15, 0.2) is 4.80 Å². The van der Waals surface area contributed by atoms with Crippen molar-refractivity contribution in [1.82, 2.24) is 4.57 Å². The van der Waals surface area contributed by atoms with Crippen LogP contribution in [0.1, 0.15) is 42.1 Å². The van der Waals surface area contributed by atoms with Crippen molar-refractivity contribution in [3.05, 3.63) is 124 Å². The molecule has 5 rings (SSSR count). The molecule has 2 heterocycles. The van der Waals surface area contributed by atoms with Crippen LogP contribution in [0.25, 0.3) is 6.08 Å². The van der Waals surface area contributed by atoms with Crippen LogP contribution < -0.4 is 24.4 Å². The molecule has 0 unspecified atom stereocenters. The number of allylic oxidation sites excluding steroid dienone is 1. The van der Waals surface area contributed by atoms with Gasteiger partial charge in [-0.2, -0.15) is 5.26 Å². The molecule has 0 spiro atoms. The third kappa shape index (κ3) is 5.79. The second-order valence-electron chi connectivity index (χ2n) is 9.32. The van der Waals surface area contributed by atoms with E-state index in [0.717, 1.165) is 16.7 Å². The Morgan fingerprint density at radius 3 is 2.62 bits per heavy atom. The SMILES string of the molecule is CCOC(=O)C1=C(C)N=c2s/c(=C/c3ccc(OCc4ccccc4C#N)c(Br)c3)c(=O)n2[C@H]1c1ccc(OC)cc1. The minimum atomic E-state index is -0.702. The van der Waals surface area contributed by atoms with E-state index in [2.05, 4.69) is 27.0 Å². The van der Waals surface area contributed by atoms with E-state index in [1.807, 2.05) is 48.5 Å². The third-order valence-corrected chi connectivity index (χ3v) is 8.33. The number of hydrogen-bond donors (Lipinski definition) is 0. The Morgan fingerprint density at radius 1 is 1.17 bits per heavy atom. The summed E-state index contributed by atoms with van der Waals surface area (Å²) >= 11 is 4.82. The van der Waals surface area contributed by atoms with E-state index in [1.54, 1.807) is 49.8 Å². The van der Waals surface area contributed by atoms with Gasteiger partial charge in [0.05, 0.1) is 51.7 Å². The number of ether oxygens (including phenoxy) is 3. The van der Waals surface area contributed by atoms with Gasteiger partial charge in [-0.25, -0.2) is 9.79 Å². The minimum Gasteiger partial charge on any atom is -0.497 e. The van der Waals surface area contributed by atoms with Gasteiger partial charge in [-0.05, 0) is 77.3 Å². The number of rotatable bonds is 8. The van der Waals surface area contributed by atoms with Crippen LogP contribution in [-0.2, 0) is 16.1 Å². The number of fused-ring (bicyclic) bond motifs is 1. The van der Waals surface area contributed by atoms with Crippen molar-refractivity contribution in [2.24, 2.45) is 4.99 Å². The lowest BCUT2D eigenvalue weighted by Crippen LogP contribution is -2.39. The predicted octanol–water partition coefficient (Wildman–Crippen LogP) is 5.02. The van der Waals surface area contributed by atoms with Gasteiger partial charge < -0.3 is 14.2 Å². The summed E-state index contributed by atoms with van der Waals surface area (Å²) in [5.41, 5.74) is 3.43. The van der Waals surface area contributed by atoms with Crippen molar-refractivity contribution < 1.29 is 19.0 Å². The summed E-state index contributed by atoms with van der Waals surface area (Å²) in [6.07, 6.45) is 1.79. The Labute approximate surface area is 254 Å². The van der Waals surface area contributed by atoms with Gasteiger partial charge in [0, 0.05) is 5.56 Å². The summed E-state index contributed by atoms with van der Waals surface area (Å²) in [6.45, 7) is 3.94. The van der Waals surface area contributed by atoms with Gasteiger partial charge in [-0.3, -0.25) is 9.36 Å². The molecule has 4 aromatic rings. The normalized spacial score (nSPS) is 14.5. The molecule has 1 aromatic heterocycles. The van der Waals surface area contributed by atoms with Gasteiger partial charge >= 0.3 is 5.97 Å². The average Bonchev–Trinajstić information content (AvgIpc) is 3.30. The number of nitrogens with zero attached hydrogens (tertiary/aromatic N) is 3. The summed E-state index contributed by atoms with van der Waals surface area (Å²) in [6, 6.07) is 21.6. The smallest absolute Gasteiger partial charge is 0.338 e. The van der Waals surface area contributed by atoms with Crippen LogP contribution in [0.15, 0.2) is 92.3 Å². The summed E-state index contributed by atoms with van der Waals surface area (Å²) in [5, 5.41) is 9.33. The molecular formula is C32H26BrN3O5S. The molecule has 0 radical (unpaired) electrons. The molecule has 0 saturated carbocycles. The first-order valence-electron chi connectivity index (χ1n) is 13.1. The van der Waals surface area contributed by atoms with Crippen LogP contribution in [-0.4, -0.2) is 24.3 Å². The van der Waals surface area contributed by atoms with E-state index in [9.17, 15) is 14.9 Å². The minimum absolute atomic E-state index is 0.203. The van der Waals surface area contributed by atoms with Crippen molar-refractivity contribution in [2.45, 2.75) is 26.5 Å². The van der Waals surface area contributed by atoms with Crippen LogP contribution in [0.4, 0.5) is 0 Å². The molecule has 1 aliphatic rings. The summed E-state index contributed by atoms with van der Waals surface area (Å²) < 4.78 is 19.3. The number of benzene rings is 3. The van der Waals surface area contributed by atoms with Crippen LogP contribution >= 0.6 is 27.3 Å². The van der Waals surface area contributed by atoms with Crippen LogP contribution in [0.2, 0.25) is 0 Å². The summed E-state index contributed by atoms with van der Waals surface area (Å²) in [4.78, 5) is 32.0. The van der Waals surface area contributed by atoms with Crippen LogP contribution in [0.3, 0.4) is 0 Å². The quantitative estimate of drug-likeness (QED) is 0.250. The highest BCUT2D eigenvalue weighted by Gasteiger charge is 2.33. The molecule has 1 aliphatic heterocycles. The first-order valence-corrected chi connectivity index (χ1v) is 14.7. The van der Waals surface area contributed by atoms with Gasteiger partial charge in [0.1, 0.15) is 18.1 Å². The molecule has 10 heteroatoms. The first kappa shape index (κ1) is 29.0. The molecule has 0 N–H and O–H groups in total. The average molecular weight is 645 g/mol. The number of carbonyl (C=O) groups excluding carboxylic acids is 1. The Kier molecular flexibility index (Phi) is 8.71. The largest absolute Gasteiger partial charge is 0.497 e. The lowest BCUT2D eigenvalue weighted by atomic mass is 9.96. The molecule has 212 valence electrons. The van der Waals surface area contributed by atoms with Gasteiger partial charge in [-0.1, -0.05) is 47.7 Å².